The van der Waals surface area contributed by atoms with Gasteiger partial charge in [-0.15, -0.1) is 0 Å². The van der Waals surface area contributed by atoms with E-state index in [1.54, 1.807) is 12.1 Å². The van der Waals surface area contributed by atoms with E-state index in [2.05, 4.69) is 11.9 Å². The minimum atomic E-state index is -0.376. The van der Waals surface area contributed by atoms with Crippen LogP contribution in [0.2, 0.25) is 0 Å². The van der Waals surface area contributed by atoms with E-state index in [4.69, 9.17) is 11.5 Å². The first kappa shape index (κ1) is 14.0. The zero-order chi connectivity index (χ0) is 13.8. The van der Waals surface area contributed by atoms with Crippen molar-refractivity contribution in [2.75, 3.05) is 13.6 Å². The lowest BCUT2D eigenvalue weighted by Gasteiger charge is -2.29. The molecule has 1 fully saturated rings. The monoisotopic (exact) mass is 261 g/mol. The van der Waals surface area contributed by atoms with Gasteiger partial charge in [0.1, 0.15) is 0 Å². The van der Waals surface area contributed by atoms with Crippen LogP contribution in [0.5, 0.6) is 0 Å². The summed E-state index contributed by atoms with van der Waals surface area (Å²) in [5.41, 5.74) is 12.8. The van der Waals surface area contributed by atoms with Crippen molar-refractivity contribution in [1.29, 1.82) is 0 Å². The van der Waals surface area contributed by atoms with Crippen LogP contribution in [0, 0.1) is 5.92 Å². The molecule has 1 amide bonds. The number of carbonyl (C=O) groups excluding carboxylic acids is 1. The average Bonchev–Trinajstić information content (AvgIpc) is 2.87. The van der Waals surface area contributed by atoms with Crippen LogP contribution in [0.1, 0.15) is 35.2 Å². The highest BCUT2D eigenvalue weighted by molar-refractivity contribution is 5.92. The van der Waals surface area contributed by atoms with E-state index in [9.17, 15) is 4.79 Å². The van der Waals surface area contributed by atoms with Gasteiger partial charge in [-0.1, -0.05) is 18.6 Å². The highest BCUT2D eigenvalue weighted by atomic mass is 16.1. The molecule has 4 nitrogen and oxygen atoms in total. The number of primary amides is 1. The Bertz CT molecular complexity index is 430. The van der Waals surface area contributed by atoms with Gasteiger partial charge in [-0.2, -0.15) is 0 Å². The highest BCUT2D eigenvalue weighted by Gasteiger charge is 2.29. The van der Waals surface area contributed by atoms with Crippen LogP contribution in [0.4, 0.5) is 0 Å². The number of benzene rings is 1. The molecule has 0 aliphatic heterocycles. The minimum absolute atomic E-state index is 0.376. The second kappa shape index (κ2) is 6.17. The fourth-order valence-electron chi connectivity index (χ4n) is 3.05. The lowest BCUT2D eigenvalue weighted by Crippen LogP contribution is -2.37. The molecule has 4 N–H and O–H groups in total. The number of carbonyl (C=O) groups is 1. The van der Waals surface area contributed by atoms with E-state index in [1.165, 1.54) is 24.8 Å². The summed E-state index contributed by atoms with van der Waals surface area (Å²) in [4.78, 5) is 13.4. The van der Waals surface area contributed by atoms with Crippen molar-refractivity contribution in [1.82, 2.24) is 4.90 Å². The van der Waals surface area contributed by atoms with E-state index < -0.39 is 0 Å². The molecule has 1 saturated carbocycles. The molecule has 0 aromatic heterocycles. The fourth-order valence-corrected chi connectivity index (χ4v) is 3.05. The first-order valence-electron chi connectivity index (χ1n) is 6.91. The molecule has 2 unspecified atom stereocenters. The van der Waals surface area contributed by atoms with Gasteiger partial charge in [0.15, 0.2) is 0 Å². The van der Waals surface area contributed by atoms with Gasteiger partial charge in [0.05, 0.1) is 0 Å². The third kappa shape index (κ3) is 3.33. The van der Waals surface area contributed by atoms with Crippen molar-refractivity contribution in [3.8, 4) is 0 Å². The molecular weight excluding hydrogens is 238 g/mol. The minimum Gasteiger partial charge on any atom is -0.366 e. The molecule has 2 rings (SSSR count). The third-order valence-electron chi connectivity index (χ3n) is 4.16. The van der Waals surface area contributed by atoms with Crippen molar-refractivity contribution >= 4 is 5.91 Å². The SMILES string of the molecule is CN(Cc1ccc(C(N)=O)cc1)C1CCCC1CN. The molecule has 1 aliphatic carbocycles. The number of amides is 1. The Morgan fingerprint density at radius 1 is 1.32 bits per heavy atom. The molecule has 1 aliphatic rings. The smallest absolute Gasteiger partial charge is 0.248 e. The van der Waals surface area contributed by atoms with Crippen molar-refractivity contribution in [2.45, 2.75) is 31.8 Å². The largest absolute Gasteiger partial charge is 0.366 e. The summed E-state index contributed by atoms with van der Waals surface area (Å²) < 4.78 is 0. The van der Waals surface area contributed by atoms with Crippen LogP contribution in [0.15, 0.2) is 24.3 Å². The van der Waals surface area contributed by atoms with Gasteiger partial charge in [-0.25, -0.2) is 0 Å². The van der Waals surface area contributed by atoms with Gasteiger partial charge in [0.25, 0.3) is 0 Å². The van der Waals surface area contributed by atoms with Crippen molar-refractivity contribution < 1.29 is 4.79 Å². The Labute approximate surface area is 114 Å². The number of nitrogens with two attached hydrogens (primary N) is 2. The van der Waals surface area contributed by atoms with Crippen molar-refractivity contribution in [2.24, 2.45) is 17.4 Å². The van der Waals surface area contributed by atoms with Gasteiger partial charge in [0, 0.05) is 18.2 Å². The predicted octanol–water partition coefficient (Wildman–Crippen LogP) is 1.34. The van der Waals surface area contributed by atoms with Crippen LogP contribution < -0.4 is 11.5 Å². The van der Waals surface area contributed by atoms with Gasteiger partial charge < -0.3 is 11.5 Å². The van der Waals surface area contributed by atoms with Crippen molar-refractivity contribution in [3.05, 3.63) is 35.4 Å². The molecule has 0 bridgehead atoms. The molecule has 1 aromatic rings. The molecule has 1 aromatic carbocycles. The lowest BCUT2D eigenvalue weighted by molar-refractivity contribution is 0.100. The topological polar surface area (TPSA) is 72.3 Å². The maximum absolute atomic E-state index is 11.0. The first-order valence-corrected chi connectivity index (χ1v) is 6.91. The van der Waals surface area contributed by atoms with Crippen LogP contribution in [0.25, 0.3) is 0 Å². The summed E-state index contributed by atoms with van der Waals surface area (Å²) in [5.74, 6) is 0.244. The number of hydrogen-bond acceptors (Lipinski definition) is 3. The predicted molar refractivity (Wildman–Crippen MR) is 76.6 cm³/mol. The Morgan fingerprint density at radius 3 is 2.58 bits per heavy atom. The summed E-state index contributed by atoms with van der Waals surface area (Å²) in [6.07, 6.45) is 3.75. The molecular formula is C15H23N3O. The zero-order valence-corrected chi connectivity index (χ0v) is 11.5. The van der Waals surface area contributed by atoms with E-state index in [1.807, 2.05) is 12.1 Å². The summed E-state index contributed by atoms with van der Waals surface area (Å²) in [6.45, 7) is 1.66. The van der Waals surface area contributed by atoms with Crippen LogP contribution in [0.3, 0.4) is 0 Å². The van der Waals surface area contributed by atoms with E-state index in [0.29, 0.717) is 17.5 Å². The second-order valence-electron chi connectivity index (χ2n) is 5.47. The maximum Gasteiger partial charge on any atom is 0.248 e. The van der Waals surface area contributed by atoms with Crippen molar-refractivity contribution in [3.63, 3.8) is 0 Å². The Balaban J connectivity index is 1.98. The molecule has 0 radical (unpaired) electrons. The standard InChI is InChI=1S/C15H23N3O/c1-18(14-4-2-3-13(14)9-16)10-11-5-7-12(8-6-11)15(17)19/h5-8,13-14H,2-4,9-10,16H2,1H3,(H2,17,19). The average molecular weight is 261 g/mol. The lowest BCUT2D eigenvalue weighted by atomic mass is 10.0. The molecule has 104 valence electrons. The molecule has 2 atom stereocenters. The second-order valence-corrected chi connectivity index (χ2v) is 5.47. The Kier molecular flexibility index (Phi) is 4.56. The summed E-state index contributed by atoms with van der Waals surface area (Å²) in [6, 6.07) is 8.12. The third-order valence-corrected chi connectivity index (χ3v) is 4.16. The number of hydrogen-bond donors (Lipinski definition) is 2. The summed E-state index contributed by atoms with van der Waals surface area (Å²) >= 11 is 0. The Morgan fingerprint density at radius 2 is 2.00 bits per heavy atom. The molecule has 0 heterocycles. The van der Waals surface area contributed by atoms with Crippen LogP contribution >= 0.6 is 0 Å². The quantitative estimate of drug-likeness (QED) is 0.840. The number of nitrogens with zero attached hydrogens (tertiary/aromatic N) is 1. The fraction of sp³-hybridized carbons (Fsp3) is 0.533. The maximum atomic E-state index is 11.0. The van der Waals surface area contributed by atoms with Gasteiger partial charge >= 0.3 is 0 Å². The summed E-state index contributed by atoms with van der Waals surface area (Å²) in [5, 5.41) is 0. The van der Waals surface area contributed by atoms with Gasteiger partial charge in [-0.3, -0.25) is 9.69 Å². The normalized spacial score (nSPS) is 22.9. The van der Waals surface area contributed by atoms with Gasteiger partial charge in [-0.05, 0) is 50.0 Å². The molecule has 0 spiro atoms. The highest BCUT2D eigenvalue weighted by Crippen LogP contribution is 2.29. The van der Waals surface area contributed by atoms with Gasteiger partial charge in [0.2, 0.25) is 5.91 Å². The number of rotatable bonds is 5. The first-order chi connectivity index (χ1) is 9.11. The molecule has 4 heteroatoms. The zero-order valence-electron chi connectivity index (χ0n) is 11.5. The summed E-state index contributed by atoms with van der Waals surface area (Å²) in [7, 11) is 2.15. The van der Waals surface area contributed by atoms with Crippen LogP contribution in [-0.4, -0.2) is 30.4 Å². The molecule has 19 heavy (non-hydrogen) atoms. The molecule has 0 saturated heterocycles. The van der Waals surface area contributed by atoms with Crippen LogP contribution in [-0.2, 0) is 6.54 Å². The van der Waals surface area contributed by atoms with E-state index in [-0.39, 0.29) is 5.91 Å². The Hall–Kier alpha value is -1.39. The van der Waals surface area contributed by atoms with E-state index in [0.717, 1.165) is 13.1 Å². The van der Waals surface area contributed by atoms with E-state index >= 15 is 0 Å².